The van der Waals surface area contributed by atoms with E-state index in [4.69, 9.17) is 16.6 Å². The maximum Gasteiger partial charge on any atom is 0.256 e. The minimum atomic E-state index is -0.184. The number of carbonyl (C=O) groups excluding carboxylic acids is 2. The number of hydrogen-bond donors (Lipinski definition) is 2. The van der Waals surface area contributed by atoms with Crippen molar-refractivity contribution in [1.82, 2.24) is 4.98 Å². The van der Waals surface area contributed by atoms with Crippen molar-refractivity contribution in [2.24, 2.45) is 0 Å². The van der Waals surface area contributed by atoms with E-state index >= 15 is 0 Å². The van der Waals surface area contributed by atoms with Gasteiger partial charge < -0.3 is 10.6 Å². The molecule has 1 aromatic heterocycles. The number of halogens is 1. The van der Waals surface area contributed by atoms with Crippen LogP contribution in [-0.4, -0.2) is 16.8 Å². The van der Waals surface area contributed by atoms with Crippen molar-refractivity contribution in [3.63, 3.8) is 0 Å². The largest absolute Gasteiger partial charge is 0.326 e. The van der Waals surface area contributed by atoms with Crippen LogP contribution in [0.15, 0.2) is 36.4 Å². The number of anilines is 2. The van der Waals surface area contributed by atoms with Crippen molar-refractivity contribution in [3.8, 4) is 0 Å². The lowest BCUT2D eigenvalue weighted by molar-refractivity contribution is -0.114. The van der Waals surface area contributed by atoms with Gasteiger partial charge in [0, 0.05) is 34.4 Å². The topological polar surface area (TPSA) is 71.1 Å². The van der Waals surface area contributed by atoms with Crippen molar-refractivity contribution in [3.05, 3.63) is 63.8 Å². The fraction of sp³-hybridized carbons (Fsp3) is 0.227. The Morgan fingerprint density at radius 2 is 1.89 bits per heavy atom. The van der Waals surface area contributed by atoms with Gasteiger partial charge >= 0.3 is 0 Å². The second-order valence-corrected chi connectivity index (χ2v) is 7.53. The number of nitrogens with zero attached hydrogens (tertiary/aromatic N) is 1. The van der Waals surface area contributed by atoms with Gasteiger partial charge in [-0.3, -0.25) is 14.6 Å². The van der Waals surface area contributed by atoms with Gasteiger partial charge in [-0.2, -0.15) is 0 Å². The molecule has 0 spiro atoms. The van der Waals surface area contributed by atoms with E-state index in [9.17, 15) is 9.59 Å². The molecule has 0 radical (unpaired) electrons. The molecule has 28 heavy (non-hydrogen) atoms. The lowest BCUT2D eigenvalue weighted by Crippen LogP contribution is -2.17. The first kappa shape index (κ1) is 18.4. The molecule has 1 aliphatic rings. The normalized spacial score (nSPS) is 12.7. The van der Waals surface area contributed by atoms with Crippen LogP contribution in [0.25, 0.3) is 10.9 Å². The van der Waals surface area contributed by atoms with Gasteiger partial charge in [-0.05, 0) is 67.6 Å². The molecule has 0 saturated carbocycles. The number of aromatic nitrogens is 1. The zero-order chi connectivity index (χ0) is 19.8. The quantitative estimate of drug-likeness (QED) is 0.665. The molecule has 5 nitrogen and oxygen atoms in total. The second kappa shape index (κ2) is 7.24. The van der Waals surface area contributed by atoms with Gasteiger partial charge in [-0.15, -0.1) is 0 Å². The zero-order valence-corrected chi connectivity index (χ0v) is 16.5. The van der Waals surface area contributed by atoms with E-state index in [1.54, 1.807) is 18.2 Å². The summed E-state index contributed by atoms with van der Waals surface area (Å²) < 4.78 is 0. The first-order valence-corrected chi connectivity index (χ1v) is 9.61. The van der Waals surface area contributed by atoms with Gasteiger partial charge in [-0.1, -0.05) is 17.7 Å². The summed E-state index contributed by atoms with van der Waals surface area (Å²) in [5.41, 5.74) is 5.63. The average Bonchev–Trinajstić information content (AvgIpc) is 3.10. The maximum absolute atomic E-state index is 13.3. The standard InChI is InChI=1S/C22H20ClN3O2/c1-12-6-8-15(24-13(2)27)11-20(12)26-22(28)21-16-4-3-5-18(16)25-19-9-7-14(23)10-17(19)21/h6-11H,3-5H2,1-2H3,(H,24,27)(H,26,28). The lowest BCUT2D eigenvalue weighted by Gasteiger charge is -2.15. The molecular weight excluding hydrogens is 374 g/mol. The SMILES string of the molecule is CC(=O)Nc1ccc(C)c(NC(=O)c2c3c(nc4ccc(Cl)cc24)CCC3)c1. The average molecular weight is 394 g/mol. The number of rotatable bonds is 3. The molecule has 142 valence electrons. The monoisotopic (exact) mass is 393 g/mol. The van der Waals surface area contributed by atoms with Gasteiger partial charge in [-0.25, -0.2) is 0 Å². The Kier molecular flexibility index (Phi) is 4.77. The van der Waals surface area contributed by atoms with Crippen LogP contribution in [0.4, 0.5) is 11.4 Å². The molecule has 2 aromatic carbocycles. The van der Waals surface area contributed by atoms with Crippen molar-refractivity contribution in [2.75, 3.05) is 10.6 Å². The molecule has 0 aliphatic heterocycles. The number of nitrogens with one attached hydrogen (secondary N) is 2. The summed E-state index contributed by atoms with van der Waals surface area (Å²) in [5.74, 6) is -0.343. The third kappa shape index (κ3) is 3.45. The van der Waals surface area contributed by atoms with Gasteiger partial charge in [0.05, 0.1) is 11.1 Å². The van der Waals surface area contributed by atoms with Crippen LogP contribution in [-0.2, 0) is 17.6 Å². The van der Waals surface area contributed by atoms with Crippen molar-refractivity contribution in [2.45, 2.75) is 33.1 Å². The molecule has 2 N–H and O–H groups in total. The van der Waals surface area contributed by atoms with E-state index in [1.165, 1.54) is 6.92 Å². The predicted octanol–water partition coefficient (Wildman–Crippen LogP) is 4.90. The van der Waals surface area contributed by atoms with Crippen LogP contribution in [0.1, 0.15) is 40.5 Å². The van der Waals surface area contributed by atoms with Gasteiger partial charge in [0.2, 0.25) is 5.91 Å². The van der Waals surface area contributed by atoms with Gasteiger partial charge in [0.15, 0.2) is 0 Å². The van der Waals surface area contributed by atoms with Gasteiger partial charge in [0.25, 0.3) is 5.91 Å². The Morgan fingerprint density at radius 3 is 2.68 bits per heavy atom. The molecular formula is C22H20ClN3O2. The van der Waals surface area contributed by atoms with Gasteiger partial charge in [0.1, 0.15) is 0 Å². The van der Waals surface area contributed by atoms with E-state index < -0.39 is 0 Å². The number of fused-ring (bicyclic) bond motifs is 2. The first-order chi connectivity index (χ1) is 13.4. The fourth-order valence-corrected chi connectivity index (χ4v) is 3.89. The second-order valence-electron chi connectivity index (χ2n) is 7.09. The van der Waals surface area contributed by atoms with Crippen molar-refractivity contribution < 1.29 is 9.59 Å². The first-order valence-electron chi connectivity index (χ1n) is 9.23. The molecule has 6 heteroatoms. The van der Waals surface area contributed by atoms with E-state index in [1.807, 2.05) is 25.1 Å². The predicted molar refractivity (Wildman–Crippen MR) is 112 cm³/mol. The highest BCUT2D eigenvalue weighted by Gasteiger charge is 2.24. The van der Waals surface area contributed by atoms with E-state index in [2.05, 4.69) is 10.6 Å². The third-order valence-corrected chi connectivity index (χ3v) is 5.24. The van der Waals surface area contributed by atoms with Crippen LogP contribution in [0.2, 0.25) is 5.02 Å². The Bertz CT molecular complexity index is 1120. The minimum absolute atomic E-state index is 0.159. The number of amides is 2. The molecule has 3 aromatic rings. The highest BCUT2D eigenvalue weighted by molar-refractivity contribution is 6.31. The summed E-state index contributed by atoms with van der Waals surface area (Å²) in [7, 11) is 0. The molecule has 1 aliphatic carbocycles. The maximum atomic E-state index is 13.3. The summed E-state index contributed by atoms with van der Waals surface area (Å²) in [6.07, 6.45) is 2.70. The van der Waals surface area contributed by atoms with Crippen LogP contribution in [0, 0.1) is 6.92 Å². The third-order valence-electron chi connectivity index (χ3n) is 5.01. The molecule has 2 amide bonds. The van der Waals surface area contributed by atoms with Crippen LogP contribution in [0.3, 0.4) is 0 Å². The minimum Gasteiger partial charge on any atom is -0.326 e. The smallest absolute Gasteiger partial charge is 0.256 e. The van der Waals surface area contributed by atoms with Crippen molar-refractivity contribution >= 4 is 45.7 Å². The Balaban J connectivity index is 1.78. The number of benzene rings is 2. The summed E-state index contributed by atoms with van der Waals surface area (Å²) in [6, 6.07) is 10.9. The fourth-order valence-electron chi connectivity index (χ4n) is 3.72. The summed E-state index contributed by atoms with van der Waals surface area (Å²) in [5, 5.41) is 7.11. The number of aryl methyl sites for hydroxylation is 2. The molecule has 0 unspecified atom stereocenters. The highest BCUT2D eigenvalue weighted by atomic mass is 35.5. The molecule has 1 heterocycles. The Labute approximate surface area is 168 Å². The molecule has 0 atom stereocenters. The van der Waals surface area contributed by atoms with Crippen LogP contribution in [0.5, 0.6) is 0 Å². The highest BCUT2D eigenvalue weighted by Crippen LogP contribution is 2.32. The molecule has 0 fully saturated rings. The summed E-state index contributed by atoms with van der Waals surface area (Å²) in [4.78, 5) is 29.4. The zero-order valence-electron chi connectivity index (χ0n) is 15.7. The molecule has 0 bridgehead atoms. The molecule has 0 saturated heterocycles. The molecule has 4 rings (SSSR count). The number of pyridine rings is 1. The van der Waals surface area contributed by atoms with E-state index in [0.717, 1.165) is 47.0 Å². The van der Waals surface area contributed by atoms with E-state index in [-0.39, 0.29) is 11.8 Å². The summed E-state index contributed by atoms with van der Waals surface area (Å²) in [6.45, 7) is 3.37. The van der Waals surface area contributed by atoms with E-state index in [0.29, 0.717) is 22.0 Å². The number of carbonyl (C=O) groups is 2. The Hall–Kier alpha value is -2.92. The number of hydrogen-bond acceptors (Lipinski definition) is 3. The van der Waals surface area contributed by atoms with Crippen LogP contribution >= 0.6 is 11.6 Å². The lowest BCUT2D eigenvalue weighted by atomic mass is 10.00. The summed E-state index contributed by atoms with van der Waals surface area (Å²) >= 11 is 6.20. The Morgan fingerprint density at radius 1 is 1.07 bits per heavy atom. The van der Waals surface area contributed by atoms with Crippen LogP contribution < -0.4 is 10.6 Å². The van der Waals surface area contributed by atoms with Crippen molar-refractivity contribution in [1.29, 1.82) is 0 Å².